The smallest absolute Gasteiger partial charge is 0.00368 e. The molecule has 0 radical (unpaired) electrons. The van der Waals surface area contributed by atoms with Crippen molar-refractivity contribution in [3.63, 3.8) is 0 Å². The Morgan fingerprint density at radius 3 is 2.21 bits per heavy atom. The summed E-state index contributed by atoms with van der Waals surface area (Å²) >= 11 is 3.73. The van der Waals surface area contributed by atoms with E-state index in [0.29, 0.717) is 10.8 Å². The van der Waals surface area contributed by atoms with E-state index in [9.17, 15) is 0 Å². The summed E-state index contributed by atoms with van der Waals surface area (Å²) in [6.45, 7) is 14.8. The van der Waals surface area contributed by atoms with Crippen LogP contribution in [-0.2, 0) is 0 Å². The number of hydrogen-bond donors (Lipinski definition) is 0. The Labute approximate surface area is 130 Å². The predicted molar refractivity (Wildman–Crippen MR) is 90.9 cm³/mol. The third-order valence-electron chi connectivity index (χ3n) is 6.44. The molecule has 0 aromatic heterocycles. The molecule has 19 heavy (non-hydrogen) atoms. The molecular formula is C18H35Br. The van der Waals surface area contributed by atoms with Gasteiger partial charge in [0.2, 0.25) is 0 Å². The summed E-state index contributed by atoms with van der Waals surface area (Å²) in [5.41, 5.74) is 1.06. The van der Waals surface area contributed by atoms with Crippen LogP contribution in [0.4, 0.5) is 0 Å². The fourth-order valence-electron chi connectivity index (χ4n) is 4.50. The van der Waals surface area contributed by atoms with Crippen molar-refractivity contribution in [2.75, 3.05) is 5.33 Å². The molecule has 0 N–H and O–H groups in total. The van der Waals surface area contributed by atoms with Gasteiger partial charge in [-0.05, 0) is 47.8 Å². The summed E-state index contributed by atoms with van der Waals surface area (Å²) in [6, 6.07) is 0. The highest BCUT2D eigenvalue weighted by Gasteiger charge is 2.54. The summed E-state index contributed by atoms with van der Waals surface area (Å²) in [5, 5.41) is 1.16. The van der Waals surface area contributed by atoms with Gasteiger partial charge in [-0.3, -0.25) is 0 Å². The van der Waals surface area contributed by atoms with Crippen LogP contribution in [0.5, 0.6) is 0 Å². The molecule has 114 valence electrons. The fourth-order valence-corrected chi connectivity index (χ4v) is 5.21. The quantitative estimate of drug-likeness (QED) is 0.457. The van der Waals surface area contributed by atoms with Crippen LogP contribution < -0.4 is 0 Å². The van der Waals surface area contributed by atoms with Gasteiger partial charge in [-0.25, -0.2) is 0 Å². The van der Waals surface area contributed by atoms with Crippen LogP contribution >= 0.6 is 15.9 Å². The van der Waals surface area contributed by atoms with Gasteiger partial charge in [0.1, 0.15) is 0 Å². The van der Waals surface area contributed by atoms with Gasteiger partial charge in [0.05, 0.1) is 0 Å². The van der Waals surface area contributed by atoms with Crippen molar-refractivity contribution in [1.82, 2.24) is 0 Å². The molecule has 0 aromatic carbocycles. The van der Waals surface area contributed by atoms with E-state index < -0.39 is 0 Å². The number of rotatable bonds is 7. The lowest BCUT2D eigenvalue weighted by Crippen LogP contribution is -2.41. The van der Waals surface area contributed by atoms with E-state index in [-0.39, 0.29) is 0 Å². The Morgan fingerprint density at radius 2 is 1.79 bits per heavy atom. The van der Waals surface area contributed by atoms with Crippen molar-refractivity contribution in [2.24, 2.45) is 28.6 Å². The van der Waals surface area contributed by atoms with Crippen LogP contribution in [0, 0.1) is 28.6 Å². The van der Waals surface area contributed by atoms with Crippen LogP contribution in [0.3, 0.4) is 0 Å². The Balaban J connectivity index is 2.76. The molecule has 1 aliphatic carbocycles. The lowest BCUT2D eigenvalue weighted by molar-refractivity contribution is 0.0116. The highest BCUT2D eigenvalue weighted by molar-refractivity contribution is 9.09. The van der Waals surface area contributed by atoms with Gasteiger partial charge in [0.25, 0.3) is 0 Å². The lowest BCUT2D eigenvalue weighted by Gasteiger charge is -2.48. The minimum Gasteiger partial charge on any atom is -0.0928 e. The second kappa shape index (κ2) is 6.96. The van der Waals surface area contributed by atoms with E-state index in [1.165, 1.54) is 38.5 Å². The highest BCUT2D eigenvalue weighted by Crippen LogP contribution is 2.62. The number of hydrogen-bond acceptors (Lipinski definition) is 0. The zero-order valence-corrected chi connectivity index (χ0v) is 15.6. The first-order chi connectivity index (χ1) is 8.78. The average molecular weight is 331 g/mol. The summed E-state index contributed by atoms with van der Waals surface area (Å²) in [7, 11) is 0. The van der Waals surface area contributed by atoms with E-state index in [0.717, 1.165) is 23.1 Å². The Hall–Kier alpha value is 0.480. The molecule has 1 heteroatoms. The molecule has 0 bridgehead atoms. The third kappa shape index (κ3) is 3.57. The summed E-state index contributed by atoms with van der Waals surface area (Å²) < 4.78 is 0. The maximum atomic E-state index is 3.73. The van der Waals surface area contributed by atoms with Gasteiger partial charge >= 0.3 is 0 Å². The number of alkyl halides is 1. The summed E-state index contributed by atoms with van der Waals surface area (Å²) in [4.78, 5) is 0. The van der Waals surface area contributed by atoms with Crippen LogP contribution in [-0.4, -0.2) is 5.33 Å². The Kier molecular flexibility index (Phi) is 6.42. The zero-order chi connectivity index (χ0) is 14.7. The molecule has 1 fully saturated rings. The molecule has 1 saturated carbocycles. The highest BCUT2D eigenvalue weighted by atomic mass is 79.9. The van der Waals surface area contributed by atoms with E-state index >= 15 is 0 Å². The minimum atomic E-state index is 0.498. The first-order valence-electron chi connectivity index (χ1n) is 8.34. The normalized spacial score (nSPS) is 31.9. The van der Waals surface area contributed by atoms with Crippen LogP contribution in [0.1, 0.15) is 80.1 Å². The lowest BCUT2D eigenvalue weighted by atomic mass is 9.57. The SMILES string of the molecule is CC(C)CCC[C@@H](C)C1(CCBr)CCC(C)C1(C)C. The monoisotopic (exact) mass is 330 g/mol. The molecule has 0 nitrogen and oxygen atoms in total. The largest absolute Gasteiger partial charge is 0.0928 e. The van der Waals surface area contributed by atoms with E-state index in [1.807, 2.05) is 0 Å². The summed E-state index contributed by atoms with van der Waals surface area (Å²) in [5.74, 6) is 2.60. The summed E-state index contributed by atoms with van der Waals surface area (Å²) in [6.07, 6.45) is 8.44. The van der Waals surface area contributed by atoms with Crippen LogP contribution in [0.25, 0.3) is 0 Å². The fraction of sp³-hybridized carbons (Fsp3) is 1.00. The van der Waals surface area contributed by atoms with Gasteiger partial charge in [-0.15, -0.1) is 0 Å². The molecule has 0 spiro atoms. The topological polar surface area (TPSA) is 0 Å². The van der Waals surface area contributed by atoms with Crippen LogP contribution in [0.15, 0.2) is 0 Å². The molecule has 0 saturated heterocycles. The standard InChI is InChI=1S/C18H35Br/c1-14(2)8-7-9-16(4)18(12-13-19)11-10-15(3)17(18,5)6/h14-16H,7-13H2,1-6H3/t15?,16-,18?/m1/s1. The first-order valence-corrected chi connectivity index (χ1v) is 9.46. The second-order valence-electron chi connectivity index (χ2n) is 7.98. The van der Waals surface area contributed by atoms with Crippen molar-refractivity contribution in [2.45, 2.75) is 80.1 Å². The van der Waals surface area contributed by atoms with Crippen molar-refractivity contribution >= 4 is 15.9 Å². The third-order valence-corrected chi connectivity index (χ3v) is 6.84. The van der Waals surface area contributed by atoms with Crippen molar-refractivity contribution in [3.8, 4) is 0 Å². The molecule has 0 heterocycles. The van der Waals surface area contributed by atoms with Gasteiger partial charge in [0.15, 0.2) is 0 Å². The van der Waals surface area contributed by atoms with Gasteiger partial charge < -0.3 is 0 Å². The zero-order valence-electron chi connectivity index (χ0n) is 14.1. The van der Waals surface area contributed by atoms with Gasteiger partial charge in [-0.2, -0.15) is 0 Å². The van der Waals surface area contributed by atoms with Crippen LogP contribution in [0.2, 0.25) is 0 Å². The molecule has 3 atom stereocenters. The molecular weight excluding hydrogens is 296 g/mol. The molecule has 0 aliphatic heterocycles. The average Bonchev–Trinajstić information content (AvgIpc) is 2.53. The van der Waals surface area contributed by atoms with Crippen molar-refractivity contribution in [1.29, 1.82) is 0 Å². The number of halogens is 1. The molecule has 2 unspecified atom stereocenters. The predicted octanol–water partition coefficient (Wildman–Crippen LogP) is 6.68. The first kappa shape index (κ1) is 17.5. The van der Waals surface area contributed by atoms with Crippen molar-refractivity contribution < 1.29 is 0 Å². The molecule has 0 aromatic rings. The van der Waals surface area contributed by atoms with E-state index in [1.54, 1.807) is 0 Å². The Morgan fingerprint density at radius 1 is 1.16 bits per heavy atom. The Bertz CT molecular complexity index is 265. The minimum absolute atomic E-state index is 0.498. The van der Waals surface area contributed by atoms with E-state index in [2.05, 4.69) is 57.5 Å². The molecule has 1 rings (SSSR count). The van der Waals surface area contributed by atoms with Gasteiger partial charge in [-0.1, -0.05) is 76.7 Å². The molecule has 1 aliphatic rings. The maximum Gasteiger partial charge on any atom is 0.00368 e. The van der Waals surface area contributed by atoms with Gasteiger partial charge in [0, 0.05) is 5.33 Å². The molecule has 0 amide bonds. The second-order valence-corrected chi connectivity index (χ2v) is 8.78. The maximum absolute atomic E-state index is 3.73. The van der Waals surface area contributed by atoms with E-state index in [4.69, 9.17) is 0 Å². The van der Waals surface area contributed by atoms with Crippen molar-refractivity contribution in [3.05, 3.63) is 0 Å².